The van der Waals surface area contributed by atoms with E-state index in [1.807, 2.05) is 12.5 Å². The van der Waals surface area contributed by atoms with E-state index in [4.69, 9.17) is 4.74 Å². The van der Waals surface area contributed by atoms with E-state index in [-0.39, 0.29) is 6.04 Å². The van der Waals surface area contributed by atoms with Crippen molar-refractivity contribution >= 4 is 0 Å². The van der Waals surface area contributed by atoms with Crippen LogP contribution in [0.1, 0.15) is 38.1 Å². The summed E-state index contributed by atoms with van der Waals surface area (Å²) in [5.74, 6) is 0.977. The van der Waals surface area contributed by atoms with Crippen LogP contribution in [-0.4, -0.2) is 23.1 Å². The van der Waals surface area contributed by atoms with Crippen molar-refractivity contribution in [3.63, 3.8) is 0 Å². The van der Waals surface area contributed by atoms with Gasteiger partial charge in [0.2, 0.25) is 0 Å². The minimum absolute atomic E-state index is 0.176. The van der Waals surface area contributed by atoms with Crippen molar-refractivity contribution in [3.8, 4) is 0 Å². The van der Waals surface area contributed by atoms with Crippen molar-refractivity contribution in [1.29, 1.82) is 0 Å². The van der Waals surface area contributed by atoms with Crippen LogP contribution in [-0.2, 0) is 4.74 Å². The average molecular weight is 221 g/mol. The number of rotatable bonds is 5. The van der Waals surface area contributed by atoms with E-state index in [1.54, 1.807) is 6.20 Å². The molecule has 1 aromatic rings. The summed E-state index contributed by atoms with van der Waals surface area (Å²) in [7, 11) is 0. The fraction of sp³-hybridized carbons (Fsp3) is 0.583. The number of aromatic amines is 1. The zero-order valence-electron chi connectivity index (χ0n) is 9.70. The number of hydrogen-bond donors (Lipinski definition) is 2. The molecule has 2 heterocycles. The standard InChI is InChI=1S/C12H19N3O/c1-2-5-13-11(12-14-6-7-15-12)10-4-3-8-16-9-10/h6-7,9,11,13H,2-5,8H2,1H3,(H,14,15). The molecule has 1 aliphatic rings. The molecular weight excluding hydrogens is 202 g/mol. The van der Waals surface area contributed by atoms with Crippen LogP contribution < -0.4 is 5.32 Å². The highest BCUT2D eigenvalue weighted by atomic mass is 16.5. The van der Waals surface area contributed by atoms with Crippen molar-refractivity contribution < 1.29 is 4.74 Å². The summed E-state index contributed by atoms with van der Waals surface area (Å²) in [6.07, 6.45) is 8.84. The summed E-state index contributed by atoms with van der Waals surface area (Å²) < 4.78 is 5.40. The molecule has 0 fully saturated rings. The van der Waals surface area contributed by atoms with Gasteiger partial charge in [0, 0.05) is 12.4 Å². The summed E-state index contributed by atoms with van der Waals surface area (Å²) >= 11 is 0. The zero-order chi connectivity index (χ0) is 11.2. The Bertz CT molecular complexity index is 332. The SMILES string of the molecule is CCCNC(C1=COCCC1)c1ncc[nH]1. The highest BCUT2D eigenvalue weighted by molar-refractivity contribution is 5.17. The highest BCUT2D eigenvalue weighted by Crippen LogP contribution is 2.25. The van der Waals surface area contributed by atoms with Crippen LogP contribution in [0.25, 0.3) is 0 Å². The van der Waals surface area contributed by atoms with Crippen LogP contribution in [0.15, 0.2) is 24.2 Å². The summed E-state index contributed by atoms with van der Waals surface area (Å²) in [5.41, 5.74) is 1.29. The van der Waals surface area contributed by atoms with Crippen molar-refractivity contribution in [2.75, 3.05) is 13.2 Å². The summed E-state index contributed by atoms with van der Waals surface area (Å²) in [5, 5.41) is 3.50. The third kappa shape index (κ3) is 2.64. The lowest BCUT2D eigenvalue weighted by Gasteiger charge is -2.22. The van der Waals surface area contributed by atoms with Gasteiger partial charge >= 0.3 is 0 Å². The Labute approximate surface area is 96.1 Å². The molecule has 2 rings (SSSR count). The second-order valence-electron chi connectivity index (χ2n) is 4.03. The summed E-state index contributed by atoms with van der Waals surface area (Å²) in [4.78, 5) is 7.50. The largest absolute Gasteiger partial charge is 0.501 e. The zero-order valence-corrected chi connectivity index (χ0v) is 9.70. The normalized spacial score (nSPS) is 17.7. The first-order valence-corrected chi connectivity index (χ1v) is 5.95. The maximum atomic E-state index is 5.40. The monoisotopic (exact) mass is 221 g/mol. The average Bonchev–Trinajstić information content (AvgIpc) is 2.85. The maximum Gasteiger partial charge on any atom is 0.127 e. The van der Waals surface area contributed by atoms with E-state index in [0.29, 0.717) is 0 Å². The van der Waals surface area contributed by atoms with Gasteiger partial charge in [-0.15, -0.1) is 0 Å². The van der Waals surface area contributed by atoms with Gasteiger partial charge in [0.25, 0.3) is 0 Å². The lowest BCUT2D eigenvalue weighted by atomic mass is 10.0. The second kappa shape index (κ2) is 5.70. The minimum Gasteiger partial charge on any atom is -0.501 e. The van der Waals surface area contributed by atoms with E-state index in [0.717, 1.165) is 38.2 Å². The van der Waals surface area contributed by atoms with Crippen LogP contribution in [0.5, 0.6) is 0 Å². The van der Waals surface area contributed by atoms with Gasteiger partial charge in [-0.25, -0.2) is 4.98 Å². The van der Waals surface area contributed by atoms with Crippen LogP contribution in [0.4, 0.5) is 0 Å². The van der Waals surface area contributed by atoms with Gasteiger partial charge in [-0.1, -0.05) is 6.92 Å². The van der Waals surface area contributed by atoms with Crippen LogP contribution in [0, 0.1) is 0 Å². The molecule has 0 bridgehead atoms. The molecule has 0 aliphatic carbocycles. The van der Waals surface area contributed by atoms with Crippen molar-refractivity contribution in [1.82, 2.24) is 15.3 Å². The van der Waals surface area contributed by atoms with Gasteiger partial charge in [-0.2, -0.15) is 0 Å². The van der Waals surface area contributed by atoms with E-state index in [9.17, 15) is 0 Å². The molecule has 2 N–H and O–H groups in total. The fourth-order valence-corrected chi connectivity index (χ4v) is 1.92. The first kappa shape index (κ1) is 11.2. The predicted molar refractivity (Wildman–Crippen MR) is 62.9 cm³/mol. The molecule has 16 heavy (non-hydrogen) atoms. The Morgan fingerprint density at radius 2 is 2.56 bits per heavy atom. The highest BCUT2D eigenvalue weighted by Gasteiger charge is 2.20. The molecule has 0 saturated heterocycles. The fourth-order valence-electron chi connectivity index (χ4n) is 1.92. The Balaban J connectivity index is 2.10. The van der Waals surface area contributed by atoms with Gasteiger partial charge in [-0.3, -0.25) is 0 Å². The quantitative estimate of drug-likeness (QED) is 0.801. The van der Waals surface area contributed by atoms with Crippen LogP contribution in [0.2, 0.25) is 0 Å². The maximum absolute atomic E-state index is 5.40. The smallest absolute Gasteiger partial charge is 0.127 e. The van der Waals surface area contributed by atoms with E-state index >= 15 is 0 Å². The Hall–Kier alpha value is -1.29. The molecule has 1 aliphatic heterocycles. The molecule has 0 spiro atoms. The summed E-state index contributed by atoms with van der Waals surface area (Å²) in [6, 6.07) is 0.176. The number of imidazole rings is 1. The third-order valence-electron chi connectivity index (χ3n) is 2.72. The molecule has 4 heteroatoms. The van der Waals surface area contributed by atoms with Gasteiger partial charge in [0.1, 0.15) is 5.82 Å². The lowest BCUT2D eigenvalue weighted by molar-refractivity contribution is 0.219. The Morgan fingerprint density at radius 3 is 3.19 bits per heavy atom. The first-order chi connectivity index (χ1) is 7.92. The van der Waals surface area contributed by atoms with Gasteiger partial charge in [0.15, 0.2) is 0 Å². The molecular formula is C12H19N3O. The minimum atomic E-state index is 0.176. The third-order valence-corrected chi connectivity index (χ3v) is 2.72. The molecule has 88 valence electrons. The molecule has 4 nitrogen and oxygen atoms in total. The van der Waals surface area contributed by atoms with Gasteiger partial charge in [-0.05, 0) is 31.4 Å². The number of hydrogen-bond acceptors (Lipinski definition) is 3. The first-order valence-electron chi connectivity index (χ1n) is 5.95. The summed E-state index contributed by atoms with van der Waals surface area (Å²) in [6.45, 7) is 3.99. The van der Waals surface area contributed by atoms with Gasteiger partial charge < -0.3 is 15.0 Å². The van der Waals surface area contributed by atoms with Crippen molar-refractivity contribution in [3.05, 3.63) is 30.1 Å². The van der Waals surface area contributed by atoms with Crippen LogP contribution in [0.3, 0.4) is 0 Å². The molecule has 0 radical (unpaired) electrons. The number of nitrogens with one attached hydrogen (secondary N) is 2. The van der Waals surface area contributed by atoms with E-state index in [1.165, 1.54) is 5.57 Å². The second-order valence-corrected chi connectivity index (χ2v) is 4.03. The molecule has 0 amide bonds. The topological polar surface area (TPSA) is 49.9 Å². The number of aromatic nitrogens is 2. The predicted octanol–water partition coefficient (Wildman–Crippen LogP) is 2.14. The Kier molecular flexibility index (Phi) is 3.99. The Morgan fingerprint density at radius 1 is 1.62 bits per heavy atom. The molecule has 0 saturated carbocycles. The lowest BCUT2D eigenvalue weighted by Crippen LogP contribution is -2.26. The van der Waals surface area contributed by atoms with E-state index < -0.39 is 0 Å². The van der Waals surface area contributed by atoms with Crippen LogP contribution >= 0.6 is 0 Å². The number of ether oxygens (including phenoxy) is 1. The number of nitrogens with zero attached hydrogens (tertiary/aromatic N) is 1. The molecule has 1 atom stereocenters. The van der Waals surface area contributed by atoms with Gasteiger partial charge in [0.05, 0.1) is 18.9 Å². The molecule has 0 aromatic carbocycles. The van der Waals surface area contributed by atoms with Crippen molar-refractivity contribution in [2.24, 2.45) is 0 Å². The van der Waals surface area contributed by atoms with Crippen molar-refractivity contribution in [2.45, 2.75) is 32.2 Å². The molecule has 1 aromatic heterocycles. The number of H-pyrrole nitrogens is 1. The van der Waals surface area contributed by atoms with E-state index in [2.05, 4.69) is 22.2 Å². The molecule has 1 unspecified atom stereocenters.